The van der Waals surface area contributed by atoms with Gasteiger partial charge in [0.15, 0.2) is 5.69 Å². The highest BCUT2D eigenvalue weighted by molar-refractivity contribution is 5.91. The van der Waals surface area contributed by atoms with Gasteiger partial charge in [0.05, 0.1) is 17.8 Å². The first-order valence-electron chi connectivity index (χ1n) is 9.80. The van der Waals surface area contributed by atoms with Gasteiger partial charge >= 0.3 is 6.18 Å². The number of para-hydroxylation sites is 1. The Hall–Kier alpha value is -3.62. The molecule has 0 radical (unpaired) electrons. The minimum atomic E-state index is -4.62. The van der Waals surface area contributed by atoms with Crippen LogP contribution >= 0.6 is 0 Å². The summed E-state index contributed by atoms with van der Waals surface area (Å²) in [5.74, 6) is -0.0724. The number of nitrogens with zero attached hydrogens (tertiary/aromatic N) is 3. The summed E-state index contributed by atoms with van der Waals surface area (Å²) in [7, 11) is 1.47. The molecule has 0 saturated heterocycles. The number of rotatable bonds is 6. The zero-order valence-electron chi connectivity index (χ0n) is 17.8. The van der Waals surface area contributed by atoms with Gasteiger partial charge in [-0.1, -0.05) is 29.8 Å². The number of aryl methyl sites for hydroxylation is 2. The highest BCUT2D eigenvalue weighted by Crippen LogP contribution is 2.33. The third-order valence-electron chi connectivity index (χ3n) is 4.81. The fourth-order valence-electron chi connectivity index (χ4n) is 3.05. The van der Waals surface area contributed by atoms with Crippen LogP contribution in [0.1, 0.15) is 27.3 Å². The van der Waals surface area contributed by atoms with E-state index < -0.39 is 28.8 Å². The van der Waals surface area contributed by atoms with Gasteiger partial charge in [0, 0.05) is 18.8 Å². The van der Waals surface area contributed by atoms with Crippen LogP contribution < -0.4 is 10.2 Å². The summed E-state index contributed by atoms with van der Waals surface area (Å²) in [5, 5.41) is 3.99. The lowest BCUT2D eigenvalue weighted by Gasteiger charge is -2.19. The molecule has 0 aliphatic heterocycles. The van der Waals surface area contributed by atoms with Gasteiger partial charge in [-0.15, -0.1) is 0 Å². The molecule has 0 N–H and O–H groups in total. The van der Waals surface area contributed by atoms with Gasteiger partial charge in [-0.3, -0.25) is 9.59 Å². The van der Waals surface area contributed by atoms with Crippen molar-refractivity contribution in [3.63, 3.8) is 0 Å². The van der Waals surface area contributed by atoms with E-state index >= 15 is 0 Å². The topological polar surface area (TPSA) is 64.4 Å². The molecule has 0 fully saturated rings. The van der Waals surface area contributed by atoms with Crippen molar-refractivity contribution in [2.75, 3.05) is 20.2 Å². The summed E-state index contributed by atoms with van der Waals surface area (Å²) in [6.45, 7) is 3.72. The maximum absolute atomic E-state index is 13.4. The molecule has 0 bridgehead atoms. The Morgan fingerprint density at radius 1 is 1.09 bits per heavy atom. The van der Waals surface area contributed by atoms with E-state index in [1.54, 1.807) is 12.1 Å². The summed E-state index contributed by atoms with van der Waals surface area (Å²) in [6, 6.07) is 13.3. The highest BCUT2D eigenvalue weighted by atomic mass is 19.4. The summed E-state index contributed by atoms with van der Waals surface area (Å²) in [4.78, 5) is 26.4. The molecule has 3 rings (SSSR count). The van der Waals surface area contributed by atoms with E-state index in [0.29, 0.717) is 5.75 Å². The third-order valence-corrected chi connectivity index (χ3v) is 4.81. The number of amides is 1. The van der Waals surface area contributed by atoms with Crippen LogP contribution in [0.5, 0.6) is 5.75 Å². The van der Waals surface area contributed by atoms with E-state index in [1.165, 1.54) is 37.1 Å². The molecule has 0 spiro atoms. The van der Waals surface area contributed by atoms with Gasteiger partial charge in [0.2, 0.25) is 5.43 Å². The van der Waals surface area contributed by atoms with E-state index in [2.05, 4.69) is 5.10 Å². The monoisotopic (exact) mass is 445 g/mol. The zero-order chi connectivity index (χ0) is 23.5. The van der Waals surface area contributed by atoms with Gasteiger partial charge in [-0.2, -0.15) is 18.3 Å². The minimum absolute atomic E-state index is 0.154. The molecule has 0 aliphatic carbocycles. The zero-order valence-corrected chi connectivity index (χ0v) is 17.8. The van der Waals surface area contributed by atoms with Crippen LogP contribution in [0.25, 0.3) is 5.69 Å². The van der Waals surface area contributed by atoms with E-state index in [9.17, 15) is 22.8 Å². The first kappa shape index (κ1) is 23.1. The maximum Gasteiger partial charge on any atom is 0.418 e. The molecule has 1 heterocycles. The first-order chi connectivity index (χ1) is 15.1. The van der Waals surface area contributed by atoms with Crippen molar-refractivity contribution in [3.8, 4) is 11.4 Å². The Morgan fingerprint density at radius 2 is 1.75 bits per heavy atom. The van der Waals surface area contributed by atoms with E-state index in [1.807, 2.05) is 19.1 Å². The van der Waals surface area contributed by atoms with Crippen molar-refractivity contribution in [3.05, 3.63) is 87.3 Å². The van der Waals surface area contributed by atoms with E-state index in [4.69, 9.17) is 4.74 Å². The standard InChI is InChI=1S/C23H22F3N3O3/c1-15-8-10-17(11-9-15)32-13-12-28(3)22(31)21-20(30)14-16(2)29(27-21)19-7-5-4-6-18(19)23(24,25)26/h4-11,14H,12-13H2,1-3H3. The molecule has 32 heavy (non-hydrogen) atoms. The number of benzene rings is 2. The van der Waals surface area contributed by atoms with Crippen molar-refractivity contribution in [2.45, 2.75) is 20.0 Å². The minimum Gasteiger partial charge on any atom is -0.492 e. The van der Waals surface area contributed by atoms with E-state index in [0.717, 1.165) is 22.4 Å². The molecule has 168 valence electrons. The Kier molecular flexibility index (Phi) is 6.67. The number of carbonyl (C=O) groups is 1. The molecule has 2 aromatic carbocycles. The Bertz CT molecular complexity index is 1170. The second-order valence-corrected chi connectivity index (χ2v) is 7.31. The fourth-order valence-corrected chi connectivity index (χ4v) is 3.05. The van der Waals surface area contributed by atoms with Crippen LogP contribution in [0.2, 0.25) is 0 Å². The average molecular weight is 445 g/mol. The molecule has 1 aromatic heterocycles. The molecule has 0 saturated carbocycles. The van der Waals surface area contributed by atoms with Crippen LogP contribution in [-0.4, -0.2) is 40.8 Å². The highest BCUT2D eigenvalue weighted by Gasteiger charge is 2.34. The number of aromatic nitrogens is 2. The molecule has 3 aromatic rings. The molecular weight excluding hydrogens is 423 g/mol. The number of hydrogen-bond donors (Lipinski definition) is 0. The average Bonchev–Trinajstić information content (AvgIpc) is 2.74. The van der Waals surface area contributed by atoms with Crippen LogP contribution in [0.15, 0.2) is 59.4 Å². The smallest absolute Gasteiger partial charge is 0.418 e. The summed E-state index contributed by atoms with van der Waals surface area (Å²) < 4.78 is 46.9. The van der Waals surface area contributed by atoms with Crippen molar-refractivity contribution < 1.29 is 22.7 Å². The van der Waals surface area contributed by atoms with Crippen LogP contribution in [0.4, 0.5) is 13.2 Å². The molecule has 0 atom stereocenters. The summed E-state index contributed by atoms with van der Waals surface area (Å²) in [5.41, 5.74) is -1.06. The predicted octanol–water partition coefficient (Wildman–Crippen LogP) is 4.02. The first-order valence-corrected chi connectivity index (χ1v) is 9.80. The number of alkyl halides is 3. The fraction of sp³-hybridized carbons (Fsp3) is 0.261. The number of hydrogen-bond acceptors (Lipinski definition) is 4. The largest absolute Gasteiger partial charge is 0.492 e. The van der Waals surface area contributed by atoms with E-state index in [-0.39, 0.29) is 24.5 Å². The quantitative estimate of drug-likeness (QED) is 0.575. The van der Waals surface area contributed by atoms with Gasteiger partial charge in [0.1, 0.15) is 12.4 Å². The predicted molar refractivity (Wildman–Crippen MR) is 113 cm³/mol. The van der Waals surface area contributed by atoms with Crippen LogP contribution in [-0.2, 0) is 6.18 Å². The summed E-state index contributed by atoms with van der Waals surface area (Å²) >= 11 is 0. The maximum atomic E-state index is 13.4. The molecule has 0 aliphatic rings. The number of carbonyl (C=O) groups excluding carboxylic acids is 1. The number of ether oxygens (including phenoxy) is 1. The second-order valence-electron chi connectivity index (χ2n) is 7.31. The number of likely N-dealkylation sites (N-methyl/N-ethyl adjacent to an activating group) is 1. The van der Waals surface area contributed by atoms with Crippen molar-refractivity contribution in [2.24, 2.45) is 0 Å². The molecular formula is C23H22F3N3O3. The Morgan fingerprint density at radius 3 is 2.41 bits per heavy atom. The van der Waals surface area contributed by atoms with Gasteiger partial charge in [-0.25, -0.2) is 4.68 Å². The van der Waals surface area contributed by atoms with Crippen LogP contribution in [0.3, 0.4) is 0 Å². The second kappa shape index (κ2) is 9.25. The molecule has 6 nitrogen and oxygen atoms in total. The van der Waals surface area contributed by atoms with Crippen molar-refractivity contribution in [1.29, 1.82) is 0 Å². The van der Waals surface area contributed by atoms with Gasteiger partial charge in [-0.05, 0) is 38.1 Å². The van der Waals surface area contributed by atoms with Gasteiger partial charge < -0.3 is 9.64 Å². The molecule has 1 amide bonds. The normalized spacial score (nSPS) is 11.3. The summed E-state index contributed by atoms with van der Waals surface area (Å²) in [6.07, 6.45) is -4.62. The van der Waals surface area contributed by atoms with Crippen molar-refractivity contribution in [1.82, 2.24) is 14.7 Å². The van der Waals surface area contributed by atoms with Crippen LogP contribution in [0, 0.1) is 13.8 Å². The lowest BCUT2D eigenvalue weighted by Crippen LogP contribution is -2.36. The molecule has 0 unspecified atom stereocenters. The molecule has 9 heteroatoms. The Labute approximate surface area is 182 Å². The third kappa shape index (κ3) is 5.16. The lowest BCUT2D eigenvalue weighted by atomic mass is 10.1. The SMILES string of the molecule is Cc1ccc(OCCN(C)C(=O)c2nn(-c3ccccc3C(F)(F)F)c(C)cc2=O)cc1. The number of halogens is 3. The Balaban J connectivity index is 1.83. The van der Waals surface area contributed by atoms with Crippen molar-refractivity contribution >= 4 is 5.91 Å². The lowest BCUT2D eigenvalue weighted by molar-refractivity contribution is -0.137. The van der Waals surface area contributed by atoms with Gasteiger partial charge in [0.25, 0.3) is 5.91 Å².